The first-order valence-corrected chi connectivity index (χ1v) is 8.36. The molecular formula is C17H26FN4O2+. The van der Waals surface area contributed by atoms with Gasteiger partial charge < -0.3 is 15.1 Å². The van der Waals surface area contributed by atoms with Crippen LogP contribution in [0.1, 0.15) is 13.8 Å². The van der Waals surface area contributed by atoms with Gasteiger partial charge in [0.25, 0.3) is 5.91 Å². The van der Waals surface area contributed by atoms with Crippen LogP contribution in [0.3, 0.4) is 0 Å². The Labute approximate surface area is 142 Å². The molecule has 0 saturated carbocycles. The van der Waals surface area contributed by atoms with Crippen LogP contribution in [0.25, 0.3) is 0 Å². The molecule has 1 aromatic rings. The molecule has 1 aliphatic heterocycles. The molecule has 6 nitrogen and oxygen atoms in total. The van der Waals surface area contributed by atoms with Crippen LogP contribution >= 0.6 is 0 Å². The van der Waals surface area contributed by atoms with Crippen molar-refractivity contribution in [2.45, 2.75) is 13.8 Å². The fourth-order valence-corrected chi connectivity index (χ4v) is 2.65. The molecule has 2 rings (SSSR count). The Bertz CT molecular complexity index is 554. The van der Waals surface area contributed by atoms with Crippen LogP contribution in [0.15, 0.2) is 24.3 Å². The smallest absolute Gasteiger partial charge is 0.321 e. The lowest BCUT2D eigenvalue weighted by Gasteiger charge is -2.33. The van der Waals surface area contributed by atoms with E-state index in [4.69, 9.17) is 0 Å². The van der Waals surface area contributed by atoms with Gasteiger partial charge in [-0.25, -0.2) is 9.18 Å². The summed E-state index contributed by atoms with van der Waals surface area (Å²) in [7, 11) is 0. The highest BCUT2D eigenvalue weighted by molar-refractivity contribution is 5.94. The van der Waals surface area contributed by atoms with Gasteiger partial charge in [0, 0.05) is 12.2 Å². The maximum absolute atomic E-state index is 13.0. The Morgan fingerprint density at radius 1 is 1.21 bits per heavy atom. The van der Waals surface area contributed by atoms with E-state index in [1.807, 2.05) is 13.8 Å². The van der Waals surface area contributed by atoms with Gasteiger partial charge in [0.05, 0.1) is 26.2 Å². The van der Waals surface area contributed by atoms with Crippen LogP contribution in [0.5, 0.6) is 0 Å². The number of carbonyl (C=O) groups excluding carboxylic acids is 2. The first-order chi connectivity index (χ1) is 11.4. The zero-order valence-electron chi connectivity index (χ0n) is 14.3. The Morgan fingerprint density at radius 2 is 1.83 bits per heavy atom. The molecule has 0 atom stereocenters. The van der Waals surface area contributed by atoms with Crippen molar-refractivity contribution in [3.63, 3.8) is 0 Å². The highest BCUT2D eigenvalue weighted by Crippen LogP contribution is 2.14. The Balaban J connectivity index is 1.71. The van der Waals surface area contributed by atoms with E-state index in [2.05, 4.69) is 15.5 Å². The zero-order valence-corrected chi connectivity index (χ0v) is 14.3. The van der Waals surface area contributed by atoms with Crippen molar-refractivity contribution >= 4 is 17.6 Å². The summed E-state index contributed by atoms with van der Waals surface area (Å²) in [6.07, 6.45) is 0. The normalized spacial score (nSPS) is 15.4. The molecule has 132 valence electrons. The first-order valence-electron chi connectivity index (χ1n) is 8.36. The molecule has 3 N–H and O–H groups in total. The van der Waals surface area contributed by atoms with Gasteiger partial charge in [-0.3, -0.25) is 10.1 Å². The number of nitrogens with zero attached hydrogens (tertiary/aromatic N) is 1. The van der Waals surface area contributed by atoms with Crippen LogP contribution in [0.2, 0.25) is 0 Å². The zero-order chi connectivity index (χ0) is 17.5. The SMILES string of the molecule is CC(C)CNC(=O)NC(=O)C[NH+]1CCN(c2ccc(F)cc2)CC1. The molecule has 1 heterocycles. The number of amides is 3. The summed E-state index contributed by atoms with van der Waals surface area (Å²) in [6.45, 7) is 8.02. The molecular weight excluding hydrogens is 311 g/mol. The van der Waals surface area contributed by atoms with E-state index >= 15 is 0 Å². The Hall–Kier alpha value is -2.15. The summed E-state index contributed by atoms with van der Waals surface area (Å²) in [4.78, 5) is 26.8. The number of quaternary nitrogens is 1. The van der Waals surface area contributed by atoms with Crippen molar-refractivity contribution < 1.29 is 18.9 Å². The molecule has 0 bridgehead atoms. The maximum Gasteiger partial charge on any atom is 0.321 e. The molecule has 3 amide bonds. The highest BCUT2D eigenvalue weighted by Gasteiger charge is 2.23. The highest BCUT2D eigenvalue weighted by atomic mass is 19.1. The fourth-order valence-electron chi connectivity index (χ4n) is 2.65. The van der Waals surface area contributed by atoms with Crippen LogP contribution in [-0.2, 0) is 4.79 Å². The molecule has 1 aromatic carbocycles. The molecule has 0 unspecified atom stereocenters. The third kappa shape index (κ3) is 5.81. The van der Waals surface area contributed by atoms with Gasteiger partial charge in [-0.2, -0.15) is 0 Å². The number of hydrogen-bond donors (Lipinski definition) is 3. The third-order valence-corrected chi connectivity index (χ3v) is 4.00. The van der Waals surface area contributed by atoms with E-state index in [1.165, 1.54) is 12.1 Å². The number of imide groups is 1. The minimum absolute atomic E-state index is 0.240. The molecule has 0 aliphatic carbocycles. The second kappa shape index (κ2) is 8.63. The quantitative estimate of drug-likeness (QED) is 0.709. The molecule has 0 spiro atoms. The molecule has 1 saturated heterocycles. The number of anilines is 1. The van der Waals surface area contributed by atoms with E-state index in [1.54, 1.807) is 12.1 Å². The van der Waals surface area contributed by atoms with Crippen molar-refractivity contribution in [3.05, 3.63) is 30.1 Å². The second-order valence-corrected chi connectivity index (χ2v) is 6.54. The second-order valence-electron chi connectivity index (χ2n) is 6.54. The number of hydrogen-bond acceptors (Lipinski definition) is 3. The number of benzene rings is 1. The van der Waals surface area contributed by atoms with E-state index in [0.717, 1.165) is 36.8 Å². The number of rotatable bonds is 5. The van der Waals surface area contributed by atoms with E-state index in [0.29, 0.717) is 12.5 Å². The van der Waals surface area contributed by atoms with E-state index in [-0.39, 0.29) is 18.3 Å². The van der Waals surface area contributed by atoms with E-state index < -0.39 is 6.03 Å². The average molecular weight is 337 g/mol. The number of carbonyl (C=O) groups is 2. The van der Waals surface area contributed by atoms with Gasteiger partial charge in [-0.05, 0) is 30.2 Å². The Morgan fingerprint density at radius 3 is 2.42 bits per heavy atom. The molecule has 1 aliphatic rings. The van der Waals surface area contributed by atoms with Crippen molar-refractivity contribution in [1.82, 2.24) is 10.6 Å². The number of halogens is 1. The summed E-state index contributed by atoms with van der Waals surface area (Å²) in [5.74, 6) is -0.159. The van der Waals surface area contributed by atoms with Crippen LogP contribution < -0.4 is 20.4 Å². The van der Waals surface area contributed by atoms with Gasteiger partial charge in [-0.15, -0.1) is 0 Å². The maximum atomic E-state index is 13.0. The molecule has 0 aromatic heterocycles. The van der Waals surface area contributed by atoms with Gasteiger partial charge in [0.15, 0.2) is 6.54 Å². The lowest BCUT2D eigenvalue weighted by atomic mass is 10.2. The van der Waals surface area contributed by atoms with Gasteiger partial charge in [0.1, 0.15) is 5.82 Å². The van der Waals surface area contributed by atoms with Gasteiger partial charge >= 0.3 is 6.03 Å². The van der Waals surface area contributed by atoms with Crippen LogP contribution in [-0.4, -0.2) is 51.2 Å². The number of urea groups is 1. The van der Waals surface area contributed by atoms with Gasteiger partial charge in [0.2, 0.25) is 0 Å². The molecule has 24 heavy (non-hydrogen) atoms. The number of piperazine rings is 1. The van der Waals surface area contributed by atoms with Crippen molar-refractivity contribution in [2.75, 3.05) is 44.2 Å². The minimum atomic E-state index is -0.432. The average Bonchev–Trinajstić information content (AvgIpc) is 2.54. The summed E-state index contributed by atoms with van der Waals surface area (Å²) in [6, 6.07) is 6.02. The van der Waals surface area contributed by atoms with E-state index in [9.17, 15) is 14.0 Å². The monoisotopic (exact) mass is 337 g/mol. The standard InChI is InChI=1S/C17H25FN4O2/c1-13(2)11-19-17(24)20-16(23)12-21-7-9-22(10-8-21)15-5-3-14(18)4-6-15/h3-6,13H,7-12H2,1-2H3,(H2,19,20,23,24)/p+1. The van der Waals surface area contributed by atoms with Crippen molar-refractivity contribution in [2.24, 2.45) is 5.92 Å². The predicted octanol–water partition coefficient (Wildman–Crippen LogP) is 0.0124. The molecule has 1 fully saturated rings. The predicted molar refractivity (Wildman–Crippen MR) is 90.6 cm³/mol. The molecule has 0 radical (unpaired) electrons. The lowest BCUT2D eigenvalue weighted by Crippen LogP contribution is -3.16. The topological polar surface area (TPSA) is 65.9 Å². The summed E-state index contributed by atoms with van der Waals surface area (Å²) in [5, 5.41) is 5.03. The lowest BCUT2D eigenvalue weighted by molar-refractivity contribution is -0.892. The summed E-state index contributed by atoms with van der Waals surface area (Å²) in [5.41, 5.74) is 0.993. The van der Waals surface area contributed by atoms with Crippen molar-refractivity contribution in [3.8, 4) is 0 Å². The summed E-state index contributed by atoms with van der Waals surface area (Å²) < 4.78 is 13.0. The fraction of sp³-hybridized carbons (Fsp3) is 0.529. The number of nitrogens with one attached hydrogen (secondary N) is 3. The molecule has 7 heteroatoms. The van der Waals surface area contributed by atoms with Crippen molar-refractivity contribution in [1.29, 1.82) is 0 Å². The minimum Gasteiger partial charge on any atom is -0.360 e. The largest absolute Gasteiger partial charge is 0.360 e. The Kier molecular flexibility index (Phi) is 6.54. The summed E-state index contributed by atoms with van der Waals surface area (Å²) >= 11 is 0. The third-order valence-electron chi connectivity index (χ3n) is 4.00. The first kappa shape index (κ1) is 18.2. The van der Waals surface area contributed by atoms with Gasteiger partial charge in [-0.1, -0.05) is 13.8 Å². The van der Waals surface area contributed by atoms with Crippen LogP contribution in [0, 0.1) is 11.7 Å². The van der Waals surface area contributed by atoms with Crippen LogP contribution in [0.4, 0.5) is 14.9 Å².